The predicted octanol–water partition coefficient (Wildman–Crippen LogP) is 2.32. The molecular formula is C15H19N3O. The van der Waals surface area contributed by atoms with E-state index in [0.29, 0.717) is 5.92 Å². The lowest BCUT2D eigenvalue weighted by molar-refractivity contribution is 0.0404. The lowest BCUT2D eigenvalue weighted by Crippen LogP contribution is -2.31. The number of rotatable bonds is 3. The molecule has 1 aromatic heterocycles. The number of fused-ring (bicyclic) bond motifs is 1. The van der Waals surface area contributed by atoms with Crippen molar-refractivity contribution in [3.05, 3.63) is 36.2 Å². The second-order valence-corrected chi connectivity index (χ2v) is 5.01. The molecular weight excluding hydrogens is 238 g/mol. The fourth-order valence-corrected chi connectivity index (χ4v) is 2.94. The van der Waals surface area contributed by atoms with Gasteiger partial charge in [-0.15, -0.1) is 0 Å². The Hall–Kier alpha value is -1.52. The van der Waals surface area contributed by atoms with Gasteiger partial charge in [0.2, 0.25) is 0 Å². The Kier molecular flexibility index (Phi) is 3.71. The van der Waals surface area contributed by atoms with Gasteiger partial charge in [-0.05, 0) is 31.5 Å². The minimum atomic E-state index is 0.278. The summed E-state index contributed by atoms with van der Waals surface area (Å²) in [6.45, 7) is 1.71. The Morgan fingerprint density at radius 1 is 1.32 bits per heavy atom. The Labute approximate surface area is 113 Å². The summed E-state index contributed by atoms with van der Waals surface area (Å²) < 4.78 is 5.62. The van der Waals surface area contributed by atoms with Crippen LogP contribution < -0.4 is 5.32 Å². The van der Waals surface area contributed by atoms with Gasteiger partial charge < -0.3 is 10.1 Å². The molecule has 0 aliphatic carbocycles. The normalized spacial score (nSPS) is 21.4. The van der Waals surface area contributed by atoms with Gasteiger partial charge in [-0.2, -0.15) is 0 Å². The quantitative estimate of drug-likeness (QED) is 0.916. The smallest absolute Gasteiger partial charge is 0.0934 e. The van der Waals surface area contributed by atoms with Gasteiger partial charge in [0.15, 0.2) is 0 Å². The van der Waals surface area contributed by atoms with E-state index in [-0.39, 0.29) is 6.04 Å². The molecule has 4 heteroatoms. The molecule has 1 aliphatic heterocycles. The number of aromatic nitrogens is 2. The molecule has 1 fully saturated rings. The van der Waals surface area contributed by atoms with Gasteiger partial charge in [-0.3, -0.25) is 9.97 Å². The van der Waals surface area contributed by atoms with Crippen LogP contribution in [0.4, 0.5) is 0 Å². The van der Waals surface area contributed by atoms with Gasteiger partial charge in [-0.1, -0.05) is 12.1 Å². The maximum absolute atomic E-state index is 5.62. The molecule has 0 bridgehead atoms. The van der Waals surface area contributed by atoms with E-state index in [1.807, 2.05) is 13.1 Å². The molecule has 0 amide bonds. The highest BCUT2D eigenvalue weighted by Gasteiger charge is 2.26. The van der Waals surface area contributed by atoms with Crippen molar-refractivity contribution in [2.75, 3.05) is 20.3 Å². The Morgan fingerprint density at radius 3 is 3.00 bits per heavy atom. The van der Waals surface area contributed by atoms with E-state index in [4.69, 9.17) is 4.74 Å². The molecule has 0 saturated carbocycles. The van der Waals surface area contributed by atoms with E-state index in [9.17, 15) is 0 Å². The van der Waals surface area contributed by atoms with E-state index in [1.165, 1.54) is 12.0 Å². The molecule has 4 nitrogen and oxygen atoms in total. The van der Waals surface area contributed by atoms with Crippen LogP contribution >= 0.6 is 0 Å². The summed E-state index contributed by atoms with van der Waals surface area (Å²) in [5, 5.41) is 3.43. The molecule has 1 N–H and O–H groups in total. The predicted molar refractivity (Wildman–Crippen MR) is 74.9 cm³/mol. The molecule has 2 heterocycles. The summed E-state index contributed by atoms with van der Waals surface area (Å²) in [7, 11) is 2.01. The average Bonchev–Trinajstić information content (AvgIpc) is 2.49. The number of hydrogen-bond acceptors (Lipinski definition) is 4. The maximum Gasteiger partial charge on any atom is 0.0934 e. The second-order valence-electron chi connectivity index (χ2n) is 5.01. The maximum atomic E-state index is 5.62. The van der Waals surface area contributed by atoms with Gasteiger partial charge >= 0.3 is 0 Å². The summed E-state index contributed by atoms with van der Waals surface area (Å²) in [4.78, 5) is 8.88. The number of nitrogens with zero attached hydrogens (tertiary/aromatic N) is 2. The third-order valence-corrected chi connectivity index (χ3v) is 3.84. The number of hydrogen-bond donors (Lipinski definition) is 1. The van der Waals surface area contributed by atoms with Crippen molar-refractivity contribution in [3.63, 3.8) is 0 Å². The highest BCUT2D eigenvalue weighted by atomic mass is 16.5. The zero-order valence-electron chi connectivity index (χ0n) is 11.2. The summed E-state index contributed by atoms with van der Waals surface area (Å²) >= 11 is 0. The van der Waals surface area contributed by atoms with Crippen molar-refractivity contribution >= 4 is 11.0 Å². The summed E-state index contributed by atoms with van der Waals surface area (Å²) in [5.41, 5.74) is 3.18. The zero-order chi connectivity index (χ0) is 13.1. The highest BCUT2D eigenvalue weighted by molar-refractivity contribution is 5.78. The van der Waals surface area contributed by atoms with Crippen molar-refractivity contribution in [3.8, 4) is 0 Å². The average molecular weight is 257 g/mol. The van der Waals surface area contributed by atoms with Crippen molar-refractivity contribution in [1.82, 2.24) is 15.3 Å². The van der Waals surface area contributed by atoms with Gasteiger partial charge in [0, 0.05) is 31.0 Å². The van der Waals surface area contributed by atoms with Crippen LogP contribution in [0.3, 0.4) is 0 Å². The van der Waals surface area contributed by atoms with E-state index < -0.39 is 0 Å². The van der Waals surface area contributed by atoms with E-state index in [0.717, 1.165) is 30.7 Å². The first-order chi connectivity index (χ1) is 9.40. The number of benzene rings is 1. The van der Waals surface area contributed by atoms with E-state index in [1.54, 1.807) is 12.4 Å². The van der Waals surface area contributed by atoms with Crippen LogP contribution in [-0.4, -0.2) is 30.2 Å². The molecule has 1 aliphatic rings. The van der Waals surface area contributed by atoms with Gasteiger partial charge in [-0.25, -0.2) is 0 Å². The summed E-state index contributed by atoms with van der Waals surface area (Å²) in [6, 6.07) is 6.49. The second kappa shape index (κ2) is 5.63. The Balaban J connectivity index is 2.00. The molecule has 2 aromatic rings. The van der Waals surface area contributed by atoms with Crippen LogP contribution in [0, 0.1) is 5.92 Å². The molecule has 1 aromatic carbocycles. The van der Waals surface area contributed by atoms with Crippen LogP contribution in [-0.2, 0) is 4.74 Å². The van der Waals surface area contributed by atoms with Crippen molar-refractivity contribution in [1.29, 1.82) is 0 Å². The Bertz CT molecular complexity index is 547. The lowest BCUT2D eigenvalue weighted by atomic mass is 9.88. The molecule has 0 radical (unpaired) electrons. The van der Waals surface area contributed by atoms with E-state index in [2.05, 4.69) is 27.4 Å². The third-order valence-electron chi connectivity index (χ3n) is 3.84. The highest BCUT2D eigenvalue weighted by Crippen LogP contribution is 2.31. The summed E-state index contributed by atoms with van der Waals surface area (Å²) in [5.74, 6) is 0.506. The van der Waals surface area contributed by atoms with Gasteiger partial charge in [0.1, 0.15) is 0 Å². The van der Waals surface area contributed by atoms with Crippen LogP contribution in [0.25, 0.3) is 11.0 Å². The van der Waals surface area contributed by atoms with Crippen LogP contribution in [0.1, 0.15) is 24.4 Å². The first-order valence-corrected chi connectivity index (χ1v) is 6.85. The van der Waals surface area contributed by atoms with Crippen LogP contribution in [0.2, 0.25) is 0 Å². The standard InChI is InChI=1S/C15H19N3O/c1-16-14(11-4-3-9-19-10-11)12-5-2-6-13-15(12)18-8-7-17-13/h2,5-8,11,14,16H,3-4,9-10H2,1H3. The number of nitrogens with one attached hydrogen (secondary N) is 1. The molecule has 2 unspecified atom stereocenters. The van der Waals surface area contributed by atoms with E-state index >= 15 is 0 Å². The largest absolute Gasteiger partial charge is 0.381 e. The molecule has 0 spiro atoms. The third kappa shape index (κ3) is 2.46. The van der Waals surface area contributed by atoms with Crippen LogP contribution in [0.15, 0.2) is 30.6 Å². The monoisotopic (exact) mass is 257 g/mol. The fourth-order valence-electron chi connectivity index (χ4n) is 2.94. The minimum absolute atomic E-state index is 0.278. The topological polar surface area (TPSA) is 47.0 Å². The Morgan fingerprint density at radius 2 is 2.21 bits per heavy atom. The fraction of sp³-hybridized carbons (Fsp3) is 0.467. The molecule has 3 rings (SSSR count). The minimum Gasteiger partial charge on any atom is -0.381 e. The molecule has 100 valence electrons. The summed E-state index contributed by atoms with van der Waals surface area (Å²) in [6.07, 6.45) is 5.83. The van der Waals surface area contributed by atoms with Gasteiger partial charge in [0.25, 0.3) is 0 Å². The lowest BCUT2D eigenvalue weighted by Gasteiger charge is -2.30. The van der Waals surface area contributed by atoms with Crippen LogP contribution in [0.5, 0.6) is 0 Å². The zero-order valence-corrected chi connectivity index (χ0v) is 11.2. The number of para-hydroxylation sites is 1. The molecule has 1 saturated heterocycles. The molecule has 19 heavy (non-hydrogen) atoms. The van der Waals surface area contributed by atoms with Crippen molar-refractivity contribution in [2.45, 2.75) is 18.9 Å². The first kappa shape index (κ1) is 12.5. The SMILES string of the molecule is CNC(c1cccc2nccnc12)C1CCCOC1. The first-order valence-electron chi connectivity index (χ1n) is 6.85. The van der Waals surface area contributed by atoms with Gasteiger partial charge in [0.05, 0.1) is 17.6 Å². The molecule has 2 atom stereocenters. The van der Waals surface area contributed by atoms with Crippen molar-refractivity contribution < 1.29 is 4.74 Å². The van der Waals surface area contributed by atoms with Crippen molar-refractivity contribution in [2.24, 2.45) is 5.92 Å². The number of ether oxygens (including phenoxy) is 1.